The fourth-order valence-corrected chi connectivity index (χ4v) is 1.69. The van der Waals surface area contributed by atoms with Crippen molar-refractivity contribution in [3.05, 3.63) is 35.7 Å². The third-order valence-corrected chi connectivity index (χ3v) is 2.71. The summed E-state index contributed by atoms with van der Waals surface area (Å²) in [6.45, 7) is 4.89. The monoisotopic (exact) mass is 231 g/mol. The lowest BCUT2D eigenvalue weighted by Gasteiger charge is -2.07. The van der Waals surface area contributed by atoms with Crippen molar-refractivity contribution in [3.8, 4) is 5.69 Å². The van der Waals surface area contributed by atoms with E-state index in [1.165, 1.54) is 5.56 Å². The van der Waals surface area contributed by atoms with Crippen molar-refractivity contribution in [1.82, 2.24) is 20.2 Å². The van der Waals surface area contributed by atoms with E-state index in [-0.39, 0.29) is 0 Å². The molecule has 0 spiro atoms. The van der Waals surface area contributed by atoms with Gasteiger partial charge in [0, 0.05) is 6.42 Å². The summed E-state index contributed by atoms with van der Waals surface area (Å²) in [6.07, 6.45) is 0.679. The van der Waals surface area contributed by atoms with Crippen molar-refractivity contribution in [2.45, 2.75) is 26.2 Å². The average Bonchev–Trinajstić information content (AvgIpc) is 2.78. The first-order valence-corrected chi connectivity index (χ1v) is 5.80. The van der Waals surface area contributed by atoms with Gasteiger partial charge < -0.3 is 5.73 Å². The van der Waals surface area contributed by atoms with Crippen LogP contribution in [0.3, 0.4) is 0 Å². The number of tetrazole rings is 1. The Balaban J connectivity index is 2.30. The van der Waals surface area contributed by atoms with Crippen molar-refractivity contribution in [2.75, 3.05) is 6.54 Å². The van der Waals surface area contributed by atoms with Gasteiger partial charge in [0.05, 0.1) is 5.69 Å². The zero-order valence-electron chi connectivity index (χ0n) is 10.2. The molecule has 0 aliphatic heterocycles. The zero-order valence-corrected chi connectivity index (χ0v) is 10.2. The predicted molar refractivity (Wildman–Crippen MR) is 66.0 cm³/mol. The first kappa shape index (κ1) is 11.7. The standard InChI is InChI=1S/C12H17N5/c1-9(2)10-3-5-11(6-4-10)17-12(7-8-13)14-15-16-17/h3-6,9H,7-8,13H2,1-2H3. The van der Waals surface area contributed by atoms with E-state index in [1.807, 2.05) is 12.1 Å². The van der Waals surface area contributed by atoms with Gasteiger partial charge in [0.25, 0.3) is 0 Å². The van der Waals surface area contributed by atoms with Gasteiger partial charge in [-0.2, -0.15) is 4.68 Å². The third kappa shape index (κ3) is 2.50. The lowest BCUT2D eigenvalue weighted by atomic mass is 10.0. The second-order valence-corrected chi connectivity index (χ2v) is 4.29. The number of hydrogen-bond donors (Lipinski definition) is 1. The Hall–Kier alpha value is -1.75. The van der Waals surface area contributed by atoms with Crippen molar-refractivity contribution in [3.63, 3.8) is 0 Å². The van der Waals surface area contributed by atoms with Crippen LogP contribution in [0.15, 0.2) is 24.3 Å². The van der Waals surface area contributed by atoms with Crippen LogP contribution >= 0.6 is 0 Å². The largest absolute Gasteiger partial charge is 0.330 e. The molecule has 0 saturated carbocycles. The molecule has 0 amide bonds. The lowest BCUT2D eigenvalue weighted by molar-refractivity contribution is 0.753. The molecule has 0 aliphatic rings. The SMILES string of the molecule is CC(C)c1ccc(-n2nnnc2CCN)cc1. The Kier molecular flexibility index (Phi) is 3.49. The van der Waals surface area contributed by atoms with Crippen LogP contribution in [0.25, 0.3) is 5.69 Å². The van der Waals surface area contributed by atoms with Gasteiger partial charge in [-0.1, -0.05) is 26.0 Å². The summed E-state index contributed by atoms with van der Waals surface area (Å²) < 4.78 is 1.73. The molecular weight excluding hydrogens is 214 g/mol. The molecule has 1 aromatic heterocycles. The molecule has 2 rings (SSSR count). The first-order chi connectivity index (χ1) is 8.22. The second-order valence-electron chi connectivity index (χ2n) is 4.29. The molecule has 2 N–H and O–H groups in total. The van der Waals surface area contributed by atoms with Crippen LogP contribution in [0.1, 0.15) is 31.2 Å². The molecule has 17 heavy (non-hydrogen) atoms. The number of aromatic nitrogens is 4. The summed E-state index contributed by atoms with van der Waals surface area (Å²) in [5.74, 6) is 1.33. The van der Waals surface area contributed by atoms with E-state index in [2.05, 4.69) is 41.5 Å². The number of hydrogen-bond acceptors (Lipinski definition) is 4. The molecule has 5 nitrogen and oxygen atoms in total. The van der Waals surface area contributed by atoms with Gasteiger partial charge in [0.2, 0.25) is 0 Å². The first-order valence-electron chi connectivity index (χ1n) is 5.80. The molecule has 0 unspecified atom stereocenters. The van der Waals surface area contributed by atoms with Crippen molar-refractivity contribution in [1.29, 1.82) is 0 Å². The number of nitrogens with two attached hydrogens (primary N) is 1. The predicted octanol–water partition coefficient (Wildman–Crippen LogP) is 1.29. The highest BCUT2D eigenvalue weighted by molar-refractivity contribution is 5.35. The van der Waals surface area contributed by atoms with E-state index in [0.717, 1.165) is 11.5 Å². The van der Waals surface area contributed by atoms with Crippen LogP contribution in [-0.2, 0) is 6.42 Å². The maximum atomic E-state index is 5.52. The molecular formula is C12H17N5. The second kappa shape index (κ2) is 5.05. The van der Waals surface area contributed by atoms with E-state index >= 15 is 0 Å². The average molecular weight is 231 g/mol. The van der Waals surface area contributed by atoms with E-state index in [1.54, 1.807) is 4.68 Å². The van der Waals surface area contributed by atoms with E-state index in [4.69, 9.17) is 5.73 Å². The number of benzene rings is 1. The molecule has 2 aromatic rings. The summed E-state index contributed by atoms with van der Waals surface area (Å²) in [4.78, 5) is 0. The van der Waals surface area contributed by atoms with E-state index in [9.17, 15) is 0 Å². The van der Waals surface area contributed by atoms with Crippen LogP contribution in [0, 0.1) is 0 Å². The molecule has 0 aliphatic carbocycles. The molecule has 0 saturated heterocycles. The molecule has 0 bridgehead atoms. The fraction of sp³-hybridized carbons (Fsp3) is 0.417. The summed E-state index contributed by atoms with van der Waals surface area (Å²) >= 11 is 0. The minimum atomic E-state index is 0.529. The van der Waals surface area contributed by atoms with Crippen LogP contribution in [-0.4, -0.2) is 26.8 Å². The highest BCUT2D eigenvalue weighted by atomic mass is 15.5. The van der Waals surface area contributed by atoms with Crippen LogP contribution in [0.5, 0.6) is 0 Å². The zero-order chi connectivity index (χ0) is 12.3. The minimum Gasteiger partial charge on any atom is -0.330 e. The third-order valence-electron chi connectivity index (χ3n) is 2.71. The Morgan fingerprint density at radius 3 is 2.53 bits per heavy atom. The van der Waals surface area contributed by atoms with Crippen molar-refractivity contribution >= 4 is 0 Å². The lowest BCUT2D eigenvalue weighted by Crippen LogP contribution is -2.09. The number of rotatable bonds is 4. The highest BCUT2D eigenvalue weighted by Crippen LogP contribution is 2.16. The smallest absolute Gasteiger partial charge is 0.157 e. The summed E-state index contributed by atoms with van der Waals surface area (Å²) in [7, 11) is 0. The molecule has 0 atom stereocenters. The fourth-order valence-electron chi connectivity index (χ4n) is 1.69. The van der Waals surface area contributed by atoms with Gasteiger partial charge in [-0.3, -0.25) is 0 Å². The van der Waals surface area contributed by atoms with Crippen molar-refractivity contribution in [2.24, 2.45) is 5.73 Å². The molecule has 1 aromatic carbocycles. The van der Waals surface area contributed by atoms with Gasteiger partial charge in [-0.15, -0.1) is 5.10 Å². The molecule has 1 heterocycles. The topological polar surface area (TPSA) is 69.6 Å². The van der Waals surface area contributed by atoms with Crippen LogP contribution < -0.4 is 5.73 Å². The van der Waals surface area contributed by atoms with Crippen LogP contribution in [0.2, 0.25) is 0 Å². The van der Waals surface area contributed by atoms with Gasteiger partial charge >= 0.3 is 0 Å². The quantitative estimate of drug-likeness (QED) is 0.860. The maximum Gasteiger partial charge on any atom is 0.157 e. The van der Waals surface area contributed by atoms with Gasteiger partial charge in [-0.25, -0.2) is 0 Å². The summed E-state index contributed by atoms with van der Waals surface area (Å²) in [5, 5.41) is 11.6. The Morgan fingerprint density at radius 1 is 1.24 bits per heavy atom. The van der Waals surface area contributed by atoms with Gasteiger partial charge in [0.15, 0.2) is 5.82 Å². The Morgan fingerprint density at radius 2 is 1.94 bits per heavy atom. The summed E-state index contributed by atoms with van der Waals surface area (Å²) in [5.41, 5.74) is 7.80. The highest BCUT2D eigenvalue weighted by Gasteiger charge is 2.07. The van der Waals surface area contributed by atoms with Gasteiger partial charge in [-0.05, 0) is 40.6 Å². The van der Waals surface area contributed by atoms with Crippen molar-refractivity contribution < 1.29 is 0 Å². The molecule has 0 fully saturated rings. The minimum absolute atomic E-state index is 0.529. The molecule has 90 valence electrons. The summed E-state index contributed by atoms with van der Waals surface area (Å²) in [6, 6.07) is 8.28. The van der Waals surface area contributed by atoms with Crippen LogP contribution in [0.4, 0.5) is 0 Å². The van der Waals surface area contributed by atoms with E-state index < -0.39 is 0 Å². The Labute approximate surface area is 101 Å². The molecule has 5 heteroatoms. The van der Waals surface area contributed by atoms with Gasteiger partial charge in [0.1, 0.15) is 0 Å². The Bertz CT molecular complexity index is 472. The van der Waals surface area contributed by atoms with E-state index in [0.29, 0.717) is 18.9 Å². The molecule has 0 radical (unpaired) electrons. The maximum absolute atomic E-state index is 5.52. The normalized spacial score (nSPS) is 11.1. The number of nitrogens with zero attached hydrogens (tertiary/aromatic N) is 4.